The van der Waals surface area contributed by atoms with Crippen LogP contribution in [0.3, 0.4) is 0 Å². The standard InChI is InChI=1S/C21H29N5O2S2/c27-19-18-15-5-1-2-6-16(15)30-20(18)24-17(23-19)13-25-7-9-26(10-8-25)21(29)22-12-14-4-3-11-28-14/h14H,1-13H2,(H,22,29)(H,23,24,27). The lowest BCUT2D eigenvalue weighted by Gasteiger charge is -2.36. The van der Waals surface area contributed by atoms with Gasteiger partial charge in [0.15, 0.2) is 5.11 Å². The van der Waals surface area contributed by atoms with Gasteiger partial charge in [-0.1, -0.05) is 0 Å². The maximum absolute atomic E-state index is 12.7. The number of aromatic amines is 1. The normalized spacial score (nSPS) is 22.4. The van der Waals surface area contributed by atoms with Gasteiger partial charge in [-0.05, 0) is 56.3 Å². The molecule has 2 aromatic heterocycles. The van der Waals surface area contributed by atoms with Crippen LogP contribution in [0.2, 0.25) is 0 Å². The Balaban J connectivity index is 1.18. The predicted octanol–water partition coefficient (Wildman–Crippen LogP) is 2.03. The van der Waals surface area contributed by atoms with Crippen LogP contribution in [-0.4, -0.2) is 70.3 Å². The monoisotopic (exact) mass is 447 g/mol. The van der Waals surface area contributed by atoms with Crippen LogP contribution in [0.25, 0.3) is 10.2 Å². The fraction of sp³-hybridized carbons (Fsp3) is 0.667. The Hall–Kier alpha value is -1.55. The lowest BCUT2D eigenvalue weighted by atomic mass is 9.97. The van der Waals surface area contributed by atoms with Crippen LogP contribution in [0.4, 0.5) is 0 Å². The maximum atomic E-state index is 12.7. The minimum atomic E-state index is 0.0348. The fourth-order valence-electron chi connectivity index (χ4n) is 4.72. The molecule has 0 saturated carbocycles. The van der Waals surface area contributed by atoms with E-state index in [1.807, 2.05) is 0 Å². The van der Waals surface area contributed by atoms with Gasteiger partial charge < -0.3 is 19.9 Å². The number of rotatable bonds is 4. The summed E-state index contributed by atoms with van der Waals surface area (Å²) in [5, 5.41) is 5.03. The SMILES string of the molecule is O=c1[nH]c(CN2CCN(C(=S)NCC3CCCO3)CC2)nc2sc3c(c12)CCCC3. The van der Waals surface area contributed by atoms with E-state index in [-0.39, 0.29) is 5.56 Å². The molecular formula is C21H29N5O2S2. The molecule has 1 unspecified atom stereocenters. The number of H-pyrrole nitrogens is 1. The maximum Gasteiger partial charge on any atom is 0.259 e. The third kappa shape index (κ3) is 4.26. The van der Waals surface area contributed by atoms with Gasteiger partial charge in [0.1, 0.15) is 10.7 Å². The van der Waals surface area contributed by atoms with E-state index in [2.05, 4.69) is 20.1 Å². The zero-order chi connectivity index (χ0) is 20.5. The predicted molar refractivity (Wildman–Crippen MR) is 123 cm³/mol. The first-order valence-corrected chi connectivity index (χ1v) is 12.3. The molecule has 0 spiro atoms. The van der Waals surface area contributed by atoms with Crippen molar-refractivity contribution in [2.24, 2.45) is 0 Å². The number of piperazine rings is 1. The highest BCUT2D eigenvalue weighted by molar-refractivity contribution is 7.80. The molecule has 3 aliphatic rings. The molecular weight excluding hydrogens is 418 g/mol. The molecule has 0 aromatic carbocycles. The molecule has 1 atom stereocenters. The molecule has 9 heteroatoms. The van der Waals surface area contributed by atoms with Gasteiger partial charge in [0.05, 0.1) is 18.0 Å². The Labute approximate surface area is 185 Å². The van der Waals surface area contributed by atoms with Gasteiger partial charge in [-0.15, -0.1) is 11.3 Å². The number of aryl methyl sites for hydroxylation is 2. The van der Waals surface area contributed by atoms with Gasteiger partial charge in [0, 0.05) is 44.2 Å². The van der Waals surface area contributed by atoms with Crippen molar-refractivity contribution in [3.8, 4) is 0 Å². The molecule has 0 amide bonds. The van der Waals surface area contributed by atoms with Crippen molar-refractivity contribution in [3.05, 3.63) is 26.6 Å². The van der Waals surface area contributed by atoms with Crippen molar-refractivity contribution in [2.75, 3.05) is 39.3 Å². The van der Waals surface area contributed by atoms with Crippen LogP contribution >= 0.6 is 23.6 Å². The van der Waals surface area contributed by atoms with Crippen molar-refractivity contribution in [1.82, 2.24) is 25.1 Å². The van der Waals surface area contributed by atoms with Crippen LogP contribution in [-0.2, 0) is 24.1 Å². The largest absolute Gasteiger partial charge is 0.376 e. The first-order valence-electron chi connectivity index (χ1n) is 11.1. The van der Waals surface area contributed by atoms with E-state index in [4.69, 9.17) is 21.9 Å². The number of thiophene rings is 1. The van der Waals surface area contributed by atoms with E-state index in [0.29, 0.717) is 12.6 Å². The Kier molecular flexibility index (Phi) is 6.04. The van der Waals surface area contributed by atoms with E-state index < -0.39 is 0 Å². The van der Waals surface area contributed by atoms with E-state index >= 15 is 0 Å². The third-order valence-electron chi connectivity index (χ3n) is 6.41. The summed E-state index contributed by atoms with van der Waals surface area (Å²) in [6.45, 7) is 5.93. The summed E-state index contributed by atoms with van der Waals surface area (Å²) in [6.07, 6.45) is 7.06. The smallest absolute Gasteiger partial charge is 0.259 e. The molecule has 2 aromatic rings. The van der Waals surface area contributed by atoms with Gasteiger partial charge in [0.2, 0.25) is 0 Å². The van der Waals surface area contributed by atoms with Crippen molar-refractivity contribution in [3.63, 3.8) is 0 Å². The molecule has 7 nitrogen and oxygen atoms in total. The molecule has 30 heavy (non-hydrogen) atoms. The van der Waals surface area contributed by atoms with Gasteiger partial charge in [-0.3, -0.25) is 9.69 Å². The summed E-state index contributed by atoms with van der Waals surface area (Å²) < 4.78 is 5.66. The summed E-state index contributed by atoms with van der Waals surface area (Å²) in [4.78, 5) is 27.5. The van der Waals surface area contributed by atoms with Crippen LogP contribution in [0.5, 0.6) is 0 Å². The number of nitrogens with one attached hydrogen (secondary N) is 2. The number of hydrogen-bond acceptors (Lipinski definition) is 6. The zero-order valence-corrected chi connectivity index (χ0v) is 18.9. The second-order valence-electron chi connectivity index (χ2n) is 8.49. The van der Waals surface area contributed by atoms with Crippen LogP contribution in [0.15, 0.2) is 4.79 Å². The second-order valence-corrected chi connectivity index (χ2v) is 9.96. The molecule has 2 fully saturated rings. The van der Waals surface area contributed by atoms with Gasteiger partial charge in [-0.25, -0.2) is 4.98 Å². The number of fused-ring (bicyclic) bond motifs is 3. The molecule has 162 valence electrons. The first kappa shape index (κ1) is 20.4. The Morgan fingerprint density at radius 3 is 2.87 bits per heavy atom. The lowest BCUT2D eigenvalue weighted by molar-refractivity contribution is 0.112. The average molecular weight is 448 g/mol. The number of hydrogen-bond donors (Lipinski definition) is 2. The van der Waals surface area contributed by atoms with Crippen LogP contribution < -0.4 is 10.9 Å². The van der Waals surface area contributed by atoms with E-state index in [9.17, 15) is 4.79 Å². The molecule has 2 N–H and O–H groups in total. The minimum Gasteiger partial charge on any atom is -0.376 e. The Bertz CT molecular complexity index is 974. The van der Waals surface area contributed by atoms with Crippen molar-refractivity contribution in [2.45, 2.75) is 51.2 Å². The van der Waals surface area contributed by atoms with Crippen molar-refractivity contribution < 1.29 is 4.74 Å². The summed E-state index contributed by atoms with van der Waals surface area (Å²) in [7, 11) is 0. The van der Waals surface area contributed by atoms with E-state index in [0.717, 1.165) is 86.2 Å². The molecule has 2 saturated heterocycles. The highest BCUT2D eigenvalue weighted by Crippen LogP contribution is 2.33. The quantitative estimate of drug-likeness (QED) is 0.695. The van der Waals surface area contributed by atoms with Gasteiger partial charge in [0.25, 0.3) is 5.56 Å². The first-order chi connectivity index (χ1) is 14.7. The summed E-state index contributed by atoms with van der Waals surface area (Å²) in [5.41, 5.74) is 1.28. The van der Waals surface area contributed by atoms with Gasteiger partial charge in [-0.2, -0.15) is 0 Å². The topological polar surface area (TPSA) is 73.5 Å². The Morgan fingerprint density at radius 1 is 1.23 bits per heavy atom. The second kappa shape index (κ2) is 8.90. The lowest BCUT2D eigenvalue weighted by Crippen LogP contribution is -2.52. The average Bonchev–Trinajstić information content (AvgIpc) is 3.40. The van der Waals surface area contributed by atoms with Crippen LogP contribution in [0, 0.1) is 0 Å². The summed E-state index contributed by atoms with van der Waals surface area (Å²) >= 11 is 7.29. The van der Waals surface area contributed by atoms with Gasteiger partial charge >= 0.3 is 0 Å². The van der Waals surface area contributed by atoms with Crippen molar-refractivity contribution >= 4 is 38.9 Å². The fourth-order valence-corrected chi connectivity index (χ4v) is 6.27. The highest BCUT2D eigenvalue weighted by Gasteiger charge is 2.23. The molecule has 0 bridgehead atoms. The Morgan fingerprint density at radius 2 is 2.07 bits per heavy atom. The number of ether oxygens (including phenoxy) is 1. The van der Waals surface area contributed by atoms with E-state index in [1.54, 1.807) is 11.3 Å². The molecule has 4 heterocycles. The number of nitrogens with zero attached hydrogens (tertiary/aromatic N) is 3. The molecule has 1 aliphatic carbocycles. The van der Waals surface area contributed by atoms with Crippen LogP contribution in [0.1, 0.15) is 41.9 Å². The summed E-state index contributed by atoms with van der Waals surface area (Å²) in [6, 6.07) is 0. The molecule has 2 aliphatic heterocycles. The number of thiocarbonyl (C=S) groups is 1. The number of aromatic nitrogens is 2. The molecule has 5 rings (SSSR count). The molecule has 0 radical (unpaired) electrons. The minimum absolute atomic E-state index is 0.0348. The third-order valence-corrected chi connectivity index (χ3v) is 8.00. The van der Waals surface area contributed by atoms with E-state index in [1.165, 1.54) is 23.3 Å². The van der Waals surface area contributed by atoms with Crippen molar-refractivity contribution in [1.29, 1.82) is 0 Å². The highest BCUT2D eigenvalue weighted by atomic mass is 32.1. The zero-order valence-electron chi connectivity index (χ0n) is 17.2. The summed E-state index contributed by atoms with van der Waals surface area (Å²) in [5.74, 6) is 0.777.